The molecule has 1 aromatic heterocycles. The van der Waals surface area contributed by atoms with Crippen LogP contribution in [0.4, 0.5) is 5.82 Å². The van der Waals surface area contributed by atoms with E-state index in [4.69, 9.17) is 0 Å². The highest BCUT2D eigenvalue weighted by Gasteiger charge is 2.20. The van der Waals surface area contributed by atoms with Crippen LogP contribution in [0.1, 0.15) is 31.2 Å². The van der Waals surface area contributed by atoms with Crippen molar-refractivity contribution in [2.24, 2.45) is 5.92 Å². The third kappa shape index (κ3) is 2.19. The van der Waals surface area contributed by atoms with Crippen molar-refractivity contribution in [3.63, 3.8) is 0 Å². The van der Waals surface area contributed by atoms with Gasteiger partial charge in [0.1, 0.15) is 17.5 Å². The molecule has 0 spiro atoms. The zero-order valence-corrected chi connectivity index (χ0v) is 11.3. The fourth-order valence-electron chi connectivity index (χ4n) is 3.20. The molecule has 0 amide bonds. The molecule has 2 aromatic rings. The van der Waals surface area contributed by atoms with E-state index in [2.05, 4.69) is 23.0 Å². The van der Waals surface area contributed by atoms with E-state index in [1.807, 2.05) is 24.3 Å². The van der Waals surface area contributed by atoms with Gasteiger partial charge in [-0.3, -0.25) is 0 Å². The summed E-state index contributed by atoms with van der Waals surface area (Å²) in [6.07, 6.45) is 5.37. The number of hydrogen-bond acceptors (Lipinski definition) is 2. The molecule has 3 heteroatoms. The Hall–Kier alpha value is -1.95. The summed E-state index contributed by atoms with van der Waals surface area (Å²) in [5.41, 5.74) is 1.82. The lowest BCUT2D eigenvalue weighted by Crippen LogP contribution is -2.24. The number of aromatic nitrogens is 1. The van der Waals surface area contributed by atoms with Crippen molar-refractivity contribution >= 4 is 16.7 Å². The fraction of sp³-hybridized carbons (Fsp3) is 0.438. The van der Waals surface area contributed by atoms with Crippen LogP contribution in [0.3, 0.4) is 0 Å². The van der Waals surface area contributed by atoms with Gasteiger partial charge in [-0.15, -0.1) is 0 Å². The van der Waals surface area contributed by atoms with Crippen LogP contribution >= 0.6 is 0 Å². The van der Waals surface area contributed by atoms with Crippen LogP contribution in [0.25, 0.3) is 10.9 Å². The van der Waals surface area contributed by atoms with Gasteiger partial charge in [-0.1, -0.05) is 31.0 Å². The molecular formula is C16H19N3. The normalized spacial score (nSPS) is 15.8. The number of nitrogens with one attached hydrogen (secondary N) is 1. The van der Waals surface area contributed by atoms with Gasteiger partial charge in [0.25, 0.3) is 0 Å². The summed E-state index contributed by atoms with van der Waals surface area (Å²) in [6.45, 7) is 1.04. The SMILES string of the molecule is CN(CC1CCCC1)c1[nH]c2ccccc2c1C#N. The van der Waals surface area contributed by atoms with E-state index in [1.54, 1.807) is 0 Å². The van der Waals surface area contributed by atoms with Gasteiger partial charge in [0, 0.05) is 24.5 Å². The van der Waals surface area contributed by atoms with E-state index >= 15 is 0 Å². The maximum absolute atomic E-state index is 9.42. The third-order valence-electron chi connectivity index (χ3n) is 4.19. The standard InChI is InChI=1S/C16H19N3/c1-19(11-12-6-2-3-7-12)16-14(10-17)13-8-4-5-9-15(13)18-16/h4-5,8-9,12,18H,2-3,6-7,11H2,1H3. The molecule has 19 heavy (non-hydrogen) atoms. The number of rotatable bonds is 3. The molecule has 0 saturated heterocycles. The zero-order valence-electron chi connectivity index (χ0n) is 11.3. The molecule has 1 fully saturated rings. The lowest BCUT2D eigenvalue weighted by atomic mass is 10.1. The van der Waals surface area contributed by atoms with Crippen molar-refractivity contribution in [2.75, 3.05) is 18.5 Å². The van der Waals surface area contributed by atoms with E-state index in [1.165, 1.54) is 25.7 Å². The maximum atomic E-state index is 9.42. The lowest BCUT2D eigenvalue weighted by Gasteiger charge is -2.21. The monoisotopic (exact) mass is 253 g/mol. The van der Waals surface area contributed by atoms with Gasteiger partial charge in [0.15, 0.2) is 0 Å². The Morgan fingerprint density at radius 1 is 1.32 bits per heavy atom. The summed E-state index contributed by atoms with van der Waals surface area (Å²) in [5.74, 6) is 1.75. The molecule has 0 aliphatic heterocycles. The van der Waals surface area contributed by atoms with E-state index in [0.29, 0.717) is 0 Å². The summed E-state index contributed by atoms with van der Waals surface area (Å²) in [6, 6.07) is 10.4. The molecule has 0 atom stereocenters. The summed E-state index contributed by atoms with van der Waals surface area (Å²) in [4.78, 5) is 5.61. The van der Waals surface area contributed by atoms with Crippen molar-refractivity contribution in [3.8, 4) is 6.07 Å². The van der Waals surface area contributed by atoms with Crippen molar-refractivity contribution in [3.05, 3.63) is 29.8 Å². The van der Waals surface area contributed by atoms with Crippen LogP contribution in [0.5, 0.6) is 0 Å². The highest BCUT2D eigenvalue weighted by molar-refractivity contribution is 5.91. The molecule has 1 heterocycles. The van der Waals surface area contributed by atoms with Crippen molar-refractivity contribution in [1.29, 1.82) is 5.26 Å². The van der Waals surface area contributed by atoms with E-state index in [0.717, 1.165) is 34.7 Å². The minimum atomic E-state index is 0.774. The average molecular weight is 253 g/mol. The van der Waals surface area contributed by atoms with Gasteiger partial charge < -0.3 is 9.88 Å². The van der Waals surface area contributed by atoms with Gasteiger partial charge in [0.2, 0.25) is 0 Å². The molecular weight excluding hydrogens is 234 g/mol. The second kappa shape index (κ2) is 4.97. The molecule has 1 aliphatic carbocycles. The first kappa shape index (κ1) is 12.1. The smallest absolute Gasteiger partial charge is 0.124 e. The van der Waals surface area contributed by atoms with Gasteiger partial charge in [0.05, 0.1) is 0 Å². The first-order chi connectivity index (χ1) is 9.29. The molecule has 3 nitrogen and oxygen atoms in total. The van der Waals surface area contributed by atoms with Crippen molar-refractivity contribution in [2.45, 2.75) is 25.7 Å². The minimum absolute atomic E-state index is 0.774. The third-order valence-corrected chi connectivity index (χ3v) is 4.19. The molecule has 1 N–H and O–H groups in total. The molecule has 0 bridgehead atoms. The number of benzene rings is 1. The first-order valence-corrected chi connectivity index (χ1v) is 7.01. The molecule has 0 radical (unpaired) electrons. The highest BCUT2D eigenvalue weighted by atomic mass is 15.2. The van der Waals surface area contributed by atoms with Crippen LogP contribution in [0.15, 0.2) is 24.3 Å². The number of nitrogens with zero attached hydrogens (tertiary/aromatic N) is 2. The van der Waals surface area contributed by atoms with Gasteiger partial charge in [-0.2, -0.15) is 5.26 Å². The number of hydrogen-bond donors (Lipinski definition) is 1. The number of aromatic amines is 1. The Labute approximate surface area is 113 Å². The molecule has 1 aliphatic rings. The lowest BCUT2D eigenvalue weighted by molar-refractivity contribution is 0.545. The van der Waals surface area contributed by atoms with Crippen LogP contribution in [-0.4, -0.2) is 18.6 Å². The Morgan fingerprint density at radius 3 is 2.79 bits per heavy atom. The average Bonchev–Trinajstić information content (AvgIpc) is 3.04. The highest BCUT2D eigenvalue weighted by Crippen LogP contribution is 2.30. The molecule has 0 unspecified atom stereocenters. The molecule has 3 rings (SSSR count). The summed E-state index contributed by atoms with van der Waals surface area (Å²) in [7, 11) is 2.09. The zero-order chi connectivity index (χ0) is 13.2. The van der Waals surface area contributed by atoms with Crippen molar-refractivity contribution in [1.82, 2.24) is 4.98 Å². The summed E-state index contributed by atoms with van der Waals surface area (Å²) in [5, 5.41) is 10.4. The Morgan fingerprint density at radius 2 is 2.05 bits per heavy atom. The Bertz CT molecular complexity index is 614. The Balaban J connectivity index is 1.92. The van der Waals surface area contributed by atoms with Gasteiger partial charge in [-0.25, -0.2) is 0 Å². The molecule has 1 aromatic carbocycles. The van der Waals surface area contributed by atoms with Crippen LogP contribution in [0.2, 0.25) is 0 Å². The topological polar surface area (TPSA) is 42.8 Å². The second-order valence-corrected chi connectivity index (χ2v) is 5.54. The van der Waals surface area contributed by atoms with E-state index in [-0.39, 0.29) is 0 Å². The largest absolute Gasteiger partial charge is 0.360 e. The second-order valence-electron chi connectivity index (χ2n) is 5.54. The number of para-hydroxylation sites is 1. The number of fused-ring (bicyclic) bond motifs is 1. The quantitative estimate of drug-likeness (QED) is 0.907. The minimum Gasteiger partial charge on any atom is -0.360 e. The number of nitriles is 1. The summed E-state index contributed by atoms with van der Waals surface area (Å²) < 4.78 is 0. The van der Waals surface area contributed by atoms with E-state index < -0.39 is 0 Å². The van der Waals surface area contributed by atoms with Crippen LogP contribution in [-0.2, 0) is 0 Å². The first-order valence-electron chi connectivity index (χ1n) is 7.01. The van der Waals surface area contributed by atoms with Crippen molar-refractivity contribution < 1.29 is 0 Å². The van der Waals surface area contributed by atoms with E-state index in [9.17, 15) is 5.26 Å². The van der Waals surface area contributed by atoms with Crippen LogP contribution < -0.4 is 4.90 Å². The predicted octanol–water partition coefficient (Wildman–Crippen LogP) is 3.67. The summed E-state index contributed by atoms with van der Waals surface area (Å²) >= 11 is 0. The van der Waals surface area contributed by atoms with Crippen LogP contribution in [0, 0.1) is 17.2 Å². The number of anilines is 1. The molecule has 98 valence electrons. The molecule has 1 saturated carbocycles. The Kier molecular flexibility index (Phi) is 3.16. The number of H-pyrrole nitrogens is 1. The fourth-order valence-corrected chi connectivity index (χ4v) is 3.20. The van der Waals surface area contributed by atoms with Gasteiger partial charge >= 0.3 is 0 Å². The van der Waals surface area contributed by atoms with Gasteiger partial charge in [-0.05, 0) is 24.8 Å². The predicted molar refractivity (Wildman–Crippen MR) is 78.2 cm³/mol. The maximum Gasteiger partial charge on any atom is 0.124 e.